The minimum absolute atomic E-state index is 0. The quantitative estimate of drug-likeness (QED) is 0.239. The third-order valence-corrected chi connectivity index (χ3v) is 5.97. The Kier molecular flexibility index (Phi) is 10.9. The number of guanidine groups is 1. The Bertz CT molecular complexity index is 758. The molecule has 1 aromatic heterocycles. The van der Waals surface area contributed by atoms with E-state index >= 15 is 0 Å². The molecule has 2 aromatic rings. The van der Waals surface area contributed by atoms with E-state index in [1.807, 2.05) is 6.92 Å². The number of aryl methyl sites for hydroxylation is 1. The average molecular weight is 543 g/mol. The van der Waals surface area contributed by atoms with E-state index in [4.69, 9.17) is 4.99 Å². The number of benzene rings is 1. The fraction of sp³-hybridized carbons (Fsp3) is 0.545. The Morgan fingerprint density at radius 3 is 2.57 bits per heavy atom. The van der Waals surface area contributed by atoms with Crippen LogP contribution in [0.3, 0.4) is 0 Å². The predicted octanol–water partition coefficient (Wildman–Crippen LogP) is 3.68. The standard InChI is InChI=1S/C22H34N6S.HI/c1-4-23-22(26(3)17-20-18-29-19(2)25-20)24-11-8-12-27-13-15-28(16-14-27)21-9-6-5-7-10-21;/h5-7,9-10,18H,4,8,11-17H2,1-3H3,(H,23,24);1H. The summed E-state index contributed by atoms with van der Waals surface area (Å²) in [6.45, 7) is 12.2. The molecule has 3 rings (SSSR count). The van der Waals surface area contributed by atoms with Crippen molar-refractivity contribution >= 4 is 47.0 Å². The first-order chi connectivity index (χ1) is 14.2. The summed E-state index contributed by atoms with van der Waals surface area (Å²) in [7, 11) is 2.08. The molecule has 0 spiro atoms. The monoisotopic (exact) mass is 542 g/mol. The van der Waals surface area contributed by atoms with Gasteiger partial charge in [-0.25, -0.2) is 4.98 Å². The molecule has 166 valence electrons. The number of nitrogens with one attached hydrogen (secondary N) is 1. The van der Waals surface area contributed by atoms with Gasteiger partial charge in [0, 0.05) is 63.9 Å². The second-order valence-corrected chi connectivity index (χ2v) is 8.53. The second kappa shape index (κ2) is 13.1. The van der Waals surface area contributed by atoms with Crippen LogP contribution >= 0.6 is 35.3 Å². The number of halogens is 1. The number of aromatic nitrogens is 1. The number of anilines is 1. The van der Waals surface area contributed by atoms with E-state index in [2.05, 4.69) is 74.7 Å². The van der Waals surface area contributed by atoms with Crippen molar-refractivity contribution in [1.82, 2.24) is 20.1 Å². The molecular weight excluding hydrogens is 507 g/mol. The Morgan fingerprint density at radius 2 is 1.93 bits per heavy atom. The Balaban J connectivity index is 0.00000320. The maximum Gasteiger partial charge on any atom is 0.194 e. The van der Waals surface area contributed by atoms with Crippen LogP contribution in [0.25, 0.3) is 0 Å². The zero-order chi connectivity index (χ0) is 20.5. The molecule has 30 heavy (non-hydrogen) atoms. The summed E-state index contributed by atoms with van der Waals surface area (Å²) in [6.07, 6.45) is 1.09. The predicted molar refractivity (Wildman–Crippen MR) is 139 cm³/mol. The van der Waals surface area contributed by atoms with E-state index in [1.54, 1.807) is 11.3 Å². The van der Waals surface area contributed by atoms with E-state index in [1.165, 1.54) is 5.69 Å². The summed E-state index contributed by atoms with van der Waals surface area (Å²) < 4.78 is 0. The van der Waals surface area contributed by atoms with Gasteiger partial charge in [0.1, 0.15) is 0 Å². The van der Waals surface area contributed by atoms with E-state index in [0.29, 0.717) is 0 Å². The first-order valence-corrected chi connectivity index (χ1v) is 11.5. The summed E-state index contributed by atoms with van der Waals surface area (Å²) in [6, 6.07) is 10.7. The van der Waals surface area contributed by atoms with Gasteiger partial charge in [-0.2, -0.15) is 0 Å². The van der Waals surface area contributed by atoms with Gasteiger partial charge in [-0.15, -0.1) is 35.3 Å². The summed E-state index contributed by atoms with van der Waals surface area (Å²) in [5.74, 6) is 0.965. The van der Waals surface area contributed by atoms with Crippen LogP contribution < -0.4 is 10.2 Å². The minimum Gasteiger partial charge on any atom is -0.369 e. The molecule has 1 aliphatic rings. The van der Waals surface area contributed by atoms with Gasteiger partial charge in [-0.05, 0) is 32.4 Å². The highest BCUT2D eigenvalue weighted by atomic mass is 127. The van der Waals surface area contributed by atoms with E-state index in [0.717, 1.165) is 75.4 Å². The van der Waals surface area contributed by atoms with Crippen molar-refractivity contribution in [2.75, 3.05) is 57.8 Å². The molecule has 1 N–H and O–H groups in total. The van der Waals surface area contributed by atoms with Crippen molar-refractivity contribution in [2.45, 2.75) is 26.8 Å². The topological polar surface area (TPSA) is 47.0 Å². The van der Waals surface area contributed by atoms with Crippen LogP contribution in [0.4, 0.5) is 5.69 Å². The van der Waals surface area contributed by atoms with Crippen molar-refractivity contribution in [3.8, 4) is 0 Å². The Hall–Kier alpha value is -1.39. The van der Waals surface area contributed by atoms with Gasteiger partial charge >= 0.3 is 0 Å². The van der Waals surface area contributed by atoms with Crippen LogP contribution in [-0.4, -0.2) is 73.6 Å². The van der Waals surface area contributed by atoms with Gasteiger partial charge in [0.15, 0.2) is 5.96 Å². The van der Waals surface area contributed by atoms with Gasteiger partial charge in [0.05, 0.1) is 17.2 Å². The smallest absolute Gasteiger partial charge is 0.194 e. The number of hydrogen-bond acceptors (Lipinski definition) is 5. The Morgan fingerprint density at radius 1 is 1.20 bits per heavy atom. The van der Waals surface area contributed by atoms with Gasteiger partial charge < -0.3 is 15.1 Å². The number of thiazole rings is 1. The lowest BCUT2D eigenvalue weighted by atomic mass is 10.2. The van der Waals surface area contributed by atoms with Gasteiger partial charge in [-0.1, -0.05) is 18.2 Å². The SMILES string of the molecule is CCNC(=NCCCN1CCN(c2ccccc2)CC1)N(C)Cc1csc(C)n1.I. The highest BCUT2D eigenvalue weighted by molar-refractivity contribution is 14.0. The molecule has 0 radical (unpaired) electrons. The van der Waals surface area contributed by atoms with Crippen LogP contribution in [0.1, 0.15) is 24.0 Å². The zero-order valence-corrected chi connectivity index (χ0v) is 21.5. The molecule has 8 heteroatoms. The first-order valence-electron chi connectivity index (χ1n) is 10.6. The number of nitrogens with zero attached hydrogens (tertiary/aromatic N) is 5. The summed E-state index contributed by atoms with van der Waals surface area (Å²) in [5, 5.41) is 6.65. The molecule has 1 saturated heterocycles. The van der Waals surface area contributed by atoms with Crippen molar-refractivity contribution in [3.05, 3.63) is 46.4 Å². The van der Waals surface area contributed by atoms with Gasteiger partial charge in [0.2, 0.25) is 0 Å². The molecular formula is C22H35IN6S. The minimum atomic E-state index is 0. The average Bonchev–Trinajstić information content (AvgIpc) is 3.16. The third-order valence-electron chi connectivity index (χ3n) is 5.15. The normalized spacial score (nSPS) is 15.0. The van der Waals surface area contributed by atoms with E-state index in [9.17, 15) is 0 Å². The van der Waals surface area contributed by atoms with Crippen LogP contribution in [0.2, 0.25) is 0 Å². The van der Waals surface area contributed by atoms with Crippen LogP contribution in [0.5, 0.6) is 0 Å². The highest BCUT2D eigenvalue weighted by Crippen LogP contribution is 2.15. The van der Waals surface area contributed by atoms with Gasteiger partial charge in [-0.3, -0.25) is 9.89 Å². The third kappa shape index (κ3) is 7.70. The van der Waals surface area contributed by atoms with Crippen molar-refractivity contribution in [2.24, 2.45) is 4.99 Å². The molecule has 1 aliphatic heterocycles. The number of piperazine rings is 1. The summed E-state index contributed by atoms with van der Waals surface area (Å²) in [4.78, 5) is 16.6. The maximum atomic E-state index is 4.83. The molecule has 1 aromatic carbocycles. The molecule has 0 aliphatic carbocycles. The molecule has 6 nitrogen and oxygen atoms in total. The summed E-state index contributed by atoms with van der Waals surface area (Å²) in [5.41, 5.74) is 2.45. The summed E-state index contributed by atoms with van der Waals surface area (Å²) >= 11 is 1.70. The van der Waals surface area contributed by atoms with Gasteiger partial charge in [0.25, 0.3) is 0 Å². The lowest BCUT2D eigenvalue weighted by Crippen LogP contribution is -2.46. The number of para-hydroxylation sites is 1. The fourth-order valence-corrected chi connectivity index (χ4v) is 4.22. The lowest BCUT2D eigenvalue weighted by molar-refractivity contribution is 0.256. The number of aliphatic imine (C=N–C) groups is 1. The highest BCUT2D eigenvalue weighted by Gasteiger charge is 2.16. The molecule has 0 saturated carbocycles. The zero-order valence-electron chi connectivity index (χ0n) is 18.4. The number of rotatable bonds is 8. The lowest BCUT2D eigenvalue weighted by Gasteiger charge is -2.36. The molecule has 0 unspecified atom stereocenters. The maximum absolute atomic E-state index is 4.83. The van der Waals surface area contributed by atoms with Crippen molar-refractivity contribution in [1.29, 1.82) is 0 Å². The largest absolute Gasteiger partial charge is 0.369 e. The van der Waals surface area contributed by atoms with Crippen LogP contribution in [-0.2, 0) is 6.54 Å². The van der Waals surface area contributed by atoms with E-state index < -0.39 is 0 Å². The Labute approximate surface area is 202 Å². The second-order valence-electron chi connectivity index (χ2n) is 7.47. The molecule has 0 amide bonds. The van der Waals surface area contributed by atoms with Crippen molar-refractivity contribution in [3.63, 3.8) is 0 Å². The number of hydrogen-bond donors (Lipinski definition) is 1. The molecule has 1 fully saturated rings. The van der Waals surface area contributed by atoms with Crippen molar-refractivity contribution < 1.29 is 0 Å². The first kappa shape index (κ1) is 24.9. The molecule has 0 bridgehead atoms. The fourth-order valence-electron chi connectivity index (χ4n) is 3.62. The molecule has 2 heterocycles. The van der Waals surface area contributed by atoms with Crippen LogP contribution in [0.15, 0.2) is 40.7 Å². The van der Waals surface area contributed by atoms with Crippen LogP contribution in [0, 0.1) is 6.92 Å². The molecule has 0 atom stereocenters. The van der Waals surface area contributed by atoms with E-state index in [-0.39, 0.29) is 24.0 Å².